The maximum atomic E-state index is 12.1. The summed E-state index contributed by atoms with van der Waals surface area (Å²) in [5.74, 6) is 1.01. The molecular weight excluding hydrogens is 256 g/mol. The van der Waals surface area contributed by atoms with Gasteiger partial charge < -0.3 is 9.64 Å². The van der Waals surface area contributed by atoms with Crippen molar-refractivity contribution in [2.75, 3.05) is 20.2 Å². The molecule has 20 heavy (non-hydrogen) atoms. The molecule has 1 aromatic carbocycles. The fourth-order valence-electron chi connectivity index (χ4n) is 2.54. The number of hydrogen-bond donors (Lipinski definition) is 0. The van der Waals surface area contributed by atoms with E-state index in [9.17, 15) is 4.79 Å². The lowest BCUT2D eigenvalue weighted by molar-refractivity contribution is -0.129. The lowest BCUT2D eigenvalue weighted by atomic mass is 10.1. The Kier molecular flexibility index (Phi) is 4.48. The molecule has 1 fully saturated rings. The summed E-state index contributed by atoms with van der Waals surface area (Å²) in [5.41, 5.74) is 9.39. The van der Waals surface area contributed by atoms with Gasteiger partial charge in [0.2, 0.25) is 5.91 Å². The minimum atomic E-state index is -0.00587. The first-order chi connectivity index (χ1) is 9.65. The summed E-state index contributed by atoms with van der Waals surface area (Å²) in [5, 5.41) is 3.56. The Balaban J connectivity index is 2.10. The standard InChI is InChI=1S/C14H18N4O2/c1-10(12-4-3-5-13(7-12)20-2)18-9-11(6-14(18)19)8-16-17-15/h3-5,7,10-11H,6,8-9H2,1-2H3. The molecule has 0 aromatic heterocycles. The minimum Gasteiger partial charge on any atom is -0.497 e. The Morgan fingerprint density at radius 2 is 2.40 bits per heavy atom. The zero-order valence-electron chi connectivity index (χ0n) is 11.7. The number of likely N-dealkylation sites (tertiary alicyclic amines) is 1. The predicted molar refractivity (Wildman–Crippen MR) is 75.2 cm³/mol. The Hall–Kier alpha value is -2.20. The number of carbonyl (C=O) groups excluding carboxylic acids is 1. The van der Waals surface area contributed by atoms with Crippen LogP contribution in [0.15, 0.2) is 29.4 Å². The fraction of sp³-hybridized carbons (Fsp3) is 0.500. The number of hydrogen-bond acceptors (Lipinski definition) is 3. The second kappa shape index (κ2) is 6.30. The van der Waals surface area contributed by atoms with E-state index in [1.807, 2.05) is 36.1 Å². The highest BCUT2D eigenvalue weighted by Gasteiger charge is 2.32. The van der Waals surface area contributed by atoms with Gasteiger partial charge in [-0.2, -0.15) is 0 Å². The van der Waals surface area contributed by atoms with E-state index in [0.29, 0.717) is 19.5 Å². The monoisotopic (exact) mass is 274 g/mol. The van der Waals surface area contributed by atoms with Crippen LogP contribution in [0.4, 0.5) is 0 Å². The normalized spacial score (nSPS) is 19.6. The van der Waals surface area contributed by atoms with Crippen LogP contribution in [0.25, 0.3) is 10.4 Å². The SMILES string of the molecule is COc1cccc(C(C)N2CC(CN=[N+]=[N-])CC2=O)c1. The first-order valence-corrected chi connectivity index (χ1v) is 6.60. The van der Waals surface area contributed by atoms with E-state index in [1.165, 1.54) is 0 Å². The van der Waals surface area contributed by atoms with E-state index in [4.69, 9.17) is 10.3 Å². The number of benzene rings is 1. The van der Waals surface area contributed by atoms with E-state index in [2.05, 4.69) is 10.0 Å². The van der Waals surface area contributed by atoms with Crippen LogP contribution in [-0.2, 0) is 4.79 Å². The van der Waals surface area contributed by atoms with Crippen LogP contribution in [0.5, 0.6) is 5.75 Å². The number of carbonyl (C=O) groups is 1. The van der Waals surface area contributed by atoms with Gasteiger partial charge in [0.05, 0.1) is 13.2 Å². The molecule has 0 spiro atoms. The Labute approximate surface area is 118 Å². The molecule has 1 aliphatic rings. The lowest BCUT2D eigenvalue weighted by Crippen LogP contribution is -2.28. The van der Waals surface area contributed by atoms with Crippen LogP contribution < -0.4 is 4.74 Å². The second-order valence-corrected chi connectivity index (χ2v) is 4.98. The fourth-order valence-corrected chi connectivity index (χ4v) is 2.54. The summed E-state index contributed by atoms with van der Waals surface area (Å²) in [4.78, 5) is 16.7. The van der Waals surface area contributed by atoms with Crippen molar-refractivity contribution in [2.24, 2.45) is 11.0 Å². The summed E-state index contributed by atoms with van der Waals surface area (Å²) in [6.07, 6.45) is 0.452. The maximum absolute atomic E-state index is 12.1. The molecule has 0 aliphatic carbocycles. The van der Waals surface area contributed by atoms with E-state index >= 15 is 0 Å². The highest BCUT2D eigenvalue weighted by Crippen LogP contribution is 2.30. The predicted octanol–water partition coefficient (Wildman–Crippen LogP) is 2.92. The van der Waals surface area contributed by atoms with Crippen LogP contribution in [0, 0.1) is 5.92 Å². The summed E-state index contributed by atoms with van der Waals surface area (Å²) in [7, 11) is 1.63. The van der Waals surface area contributed by atoms with Crippen molar-refractivity contribution in [1.29, 1.82) is 0 Å². The van der Waals surface area contributed by atoms with Gasteiger partial charge in [0.25, 0.3) is 0 Å². The van der Waals surface area contributed by atoms with Gasteiger partial charge in [-0.05, 0) is 36.1 Å². The molecule has 0 bridgehead atoms. The second-order valence-electron chi connectivity index (χ2n) is 4.98. The van der Waals surface area contributed by atoms with Crippen molar-refractivity contribution in [2.45, 2.75) is 19.4 Å². The van der Waals surface area contributed by atoms with E-state index in [-0.39, 0.29) is 17.9 Å². The van der Waals surface area contributed by atoms with Gasteiger partial charge in [0.1, 0.15) is 5.75 Å². The van der Waals surface area contributed by atoms with Crippen LogP contribution >= 0.6 is 0 Å². The molecule has 1 aromatic rings. The van der Waals surface area contributed by atoms with Gasteiger partial charge in [0, 0.05) is 24.4 Å². The van der Waals surface area contributed by atoms with Gasteiger partial charge in [-0.1, -0.05) is 17.2 Å². The number of rotatable bonds is 5. The quantitative estimate of drug-likeness (QED) is 0.470. The first-order valence-electron chi connectivity index (χ1n) is 6.60. The highest BCUT2D eigenvalue weighted by atomic mass is 16.5. The number of amides is 1. The number of nitrogens with zero attached hydrogens (tertiary/aromatic N) is 4. The third kappa shape index (κ3) is 3.03. The molecule has 2 unspecified atom stereocenters. The van der Waals surface area contributed by atoms with Crippen molar-refractivity contribution in [3.05, 3.63) is 40.3 Å². The van der Waals surface area contributed by atoms with Crippen molar-refractivity contribution in [3.63, 3.8) is 0 Å². The third-order valence-corrected chi connectivity index (χ3v) is 3.69. The molecule has 1 amide bonds. The summed E-state index contributed by atoms with van der Waals surface area (Å²) < 4.78 is 5.21. The molecule has 0 N–H and O–H groups in total. The zero-order chi connectivity index (χ0) is 14.5. The van der Waals surface area contributed by atoms with Gasteiger partial charge in [-0.15, -0.1) is 0 Å². The van der Waals surface area contributed by atoms with Gasteiger partial charge in [-0.25, -0.2) is 0 Å². The largest absolute Gasteiger partial charge is 0.497 e. The zero-order valence-corrected chi connectivity index (χ0v) is 11.7. The number of methoxy groups -OCH3 is 1. The van der Waals surface area contributed by atoms with Crippen molar-refractivity contribution in [3.8, 4) is 5.75 Å². The molecule has 6 heteroatoms. The van der Waals surface area contributed by atoms with Gasteiger partial charge in [-0.3, -0.25) is 4.79 Å². The average Bonchev–Trinajstić information content (AvgIpc) is 2.85. The molecule has 1 saturated heterocycles. The Bertz CT molecular complexity index is 540. The molecule has 2 rings (SSSR count). The lowest BCUT2D eigenvalue weighted by Gasteiger charge is -2.25. The molecule has 6 nitrogen and oxygen atoms in total. The Morgan fingerprint density at radius 1 is 1.60 bits per heavy atom. The molecule has 0 saturated carbocycles. The molecule has 2 atom stereocenters. The smallest absolute Gasteiger partial charge is 0.223 e. The molecule has 106 valence electrons. The van der Waals surface area contributed by atoms with Crippen LogP contribution in [0.2, 0.25) is 0 Å². The van der Waals surface area contributed by atoms with E-state index in [0.717, 1.165) is 11.3 Å². The number of ether oxygens (including phenoxy) is 1. The van der Waals surface area contributed by atoms with E-state index < -0.39 is 0 Å². The van der Waals surface area contributed by atoms with Crippen molar-refractivity contribution >= 4 is 5.91 Å². The number of azide groups is 1. The van der Waals surface area contributed by atoms with Crippen LogP contribution in [0.1, 0.15) is 24.9 Å². The summed E-state index contributed by atoms with van der Waals surface area (Å²) in [6, 6.07) is 7.73. The third-order valence-electron chi connectivity index (χ3n) is 3.69. The molecule has 1 heterocycles. The molecular formula is C14H18N4O2. The van der Waals surface area contributed by atoms with Crippen molar-refractivity contribution < 1.29 is 9.53 Å². The topological polar surface area (TPSA) is 78.3 Å². The summed E-state index contributed by atoms with van der Waals surface area (Å²) in [6.45, 7) is 3.02. The van der Waals surface area contributed by atoms with Gasteiger partial charge >= 0.3 is 0 Å². The van der Waals surface area contributed by atoms with Crippen LogP contribution in [-0.4, -0.2) is 31.0 Å². The molecule has 1 aliphatic heterocycles. The van der Waals surface area contributed by atoms with Gasteiger partial charge in [0.15, 0.2) is 0 Å². The van der Waals surface area contributed by atoms with Crippen molar-refractivity contribution in [1.82, 2.24) is 4.90 Å². The highest BCUT2D eigenvalue weighted by molar-refractivity contribution is 5.79. The Morgan fingerprint density at radius 3 is 3.10 bits per heavy atom. The maximum Gasteiger partial charge on any atom is 0.223 e. The minimum absolute atomic E-state index is 0.00587. The first kappa shape index (κ1) is 14.2. The summed E-state index contributed by atoms with van der Waals surface area (Å²) >= 11 is 0. The molecule has 0 radical (unpaired) electrons. The van der Waals surface area contributed by atoms with Crippen LogP contribution in [0.3, 0.4) is 0 Å². The van der Waals surface area contributed by atoms with E-state index in [1.54, 1.807) is 7.11 Å². The average molecular weight is 274 g/mol.